The number of nitrogens with zero attached hydrogens (tertiary/aromatic N) is 3. The van der Waals surface area contributed by atoms with Gasteiger partial charge in [-0.2, -0.15) is 0 Å². The number of aromatic nitrogens is 2. The molecule has 0 aliphatic carbocycles. The molecular formula is C12H14N4O3. The SMILES string of the molecule is CCn1c(C)c(N)c(=O)n1-c1ccccc1[N+](=O)[O-]. The van der Waals surface area contributed by atoms with Crippen LogP contribution in [0.15, 0.2) is 29.1 Å². The van der Waals surface area contributed by atoms with Gasteiger partial charge in [0, 0.05) is 12.6 Å². The summed E-state index contributed by atoms with van der Waals surface area (Å²) in [6.07, 6.45) is 0. The highest BCUT2D eigenvalue weighted by Crippen LogP contribution is 2.22. The van der Waals surface area contributed by atoms with Crippen LogP contribution in [0.3, 0.4) is 0 Å². The van der Waals surface area contributed by atoms with Crippen LogP contribution in [0.4, 0.5) is 11.4 Å². The summed E-state index contributed by atoms with van der Waals surface area (Å²) < 4.78 is 2.88. The molecule has 0 saturated carbocycles. The molecule has 0 amide bonds. The van der Waals surface area contributed by atoms with E-state index in [2.05, 4.69) is 0 Å². The minimum absolute atomic E-state index is 0.111. The van der Waals surface area contributed by atoms with Gasteiger partial charge in [-0.15, -0.1) is 0 Å². The standard InChI is InChI=1S/C12H14N4O3/c1-3-14-8(2)11(13)12(17)15(14)9-6-4-5-7-10(9)16(18)19/h4-7H,3,13H2,1-2H3. The molecule has 1 aromatic carbocycles. The number of benzene rings is 1. The Morgan fingerprint density at radius 1 is 1.37 bits per heavy atom. The predicted molar refractivity (Wildman–Crippen MR) is 71.5 cm³/mol. The lowest BCUT2D eigenvalue weighted by molar-refractivity contribution is -0.384. The molecule has 7 nitrogen and oxygen atoms in total. The molecule has 2 N–H and O–H groups in total. The number of hydrogen-bond acceptors (Lipinski definition) is 4. The Labute approximate surface area is 109 Å². The van der Waals surface area contributed by atoms with Gasteiger partial charge in [-0.25, -0.2) is 4.68 Å². The molecule has 100 valence electrons. The van der Waals surface area contributed by atoms with Crippen LogP contribution in [-0.2, 0) is 6.54 Å². The number of nitro groups is 1. The lowest BCUT2D eigenvalue weighted by Crippen LogP contribution is -2.22. The van der Waals surface area contributed by atoms with Gasteiger partial charge in [0.15, 0.2) is 0 Å². The maximum atomic E-state index is 12.1. The van der Waals surface area contributed by atoms with Crippen molar-refractivity contribution >= 4 is 11.4 Å². The second-order valence-corrected chi connectivity index (χ2v) is 4.08. The van der Waals surface area contributed by atoms with Crippen LogP contribution >= 0.6 is 0 Å². The van der Waals surface area contributed by atoms with Gasteiger partial charge in [0.05, 0.1) is 10.6 Å². The quantitative estimate of drug-likeness (QED) is 0.669. The number of nitrogens with two attached hydrogens (primary N) is 1. The van der Waals surface area contributed by atoms with Crippen LogP contribution in [0.25, 0.3) is 5.69 Å². The average molecular weight is 262 g/mol. The zero-order valence-electron chi connectivity index (χ0n) is 10.7. The number of anilines is 1. The maximum Gasteiger partial charge on any atom is 0.295 e. The molecule has 2 rings (SSSR count). The summed E-state index contributed by atoms with van der Waals surface area (Å²) in [5, 5.41) is 11.0. The van der Waals surface area contributed by atoms with Crippen LogP contribution < -0.4 is 11.3 Å². The first kappa shape index (κ1) is 12.9. The third-order valence-electron chi connectivity index (χ3n) is 3.05. The van der Waals surface area contributed by atoms with Gasteiger partial charge in [0.2, 0.25) is 0 Å². The van der Waals surface area contributed by atoms with Gasteiger partial charge in [0.25, 0.3) is 11.2 Å². The maximum absolute atomic E-state index is 12.1. The van der Waals surface area contributed by atoms with Gasteiger partial charge < -0.3 is 5.73 Å². The topological polar surface area (TPSA) is 96.1 Å². The van der Waals surface area contributed by atoms with Crippen LogP contribution in [0.1, 0.15) is 12.6 Å². The van der Waals surface area contributed by atoms with E-state index in [1.165, 1.54) is 16.8 Å². The van der Waals surface area contributed by atoms with E-state index in [0.29, 0.717) is 12.2 Å². The highest BCUT2D eigenvalue weighted by atomic mass is 16.6. The van der Waals surface area contributed by atoms with Crippen molar-refractivity contribution in [3.05, 3.63) is 50.4 Å². The second-order valence-electron chi connectivity index (χ2n) is 4.08. The van der Waals surface area contributed by atoms with Gasteiger partial charge in [0.1, 0.15) is 11.4 Å². The lowest BCUT2D eigenvalue weighted by atomic mass is 10.3. The van der Waals surface area contributed by atoms with E-state index in [1.54, 1.807) is 23.7 Å². The van der Waals surface area contributed by atoms with E-state index in [-0.39, 0.29) is 17.1 Å². The van der Waals surface area contributed by atoms with Gasteiger partial charge >= 0.3 is 0 Å². The summed E-state index contributed by atoms with van der Waals surface area (Å²) in [6, 6.07) is 6.10. The second kappa shape index (κ2) is 4.60. The van der Waals surface area contributed by atoms with Crippen molar-refractivity contribution < 1.29 is 4.92 Å². The molecule has 0 radical (unpaired) electrons. The molecule has 0 aliphatic rings. The Bertz CT molecular complexity index is 699. The van der Waals surface area contributed by atoms with Crippen molar-refractivity contribution in [1.29, 1.82) is 0 Å². The summed E-state index contributed by atoms with van der Waals surface area (Å²) in [5.41, 5.74) is 6.09. The summed E-state index contributed by atoms with van der Waals surface area (Å²) >= 11 is 0. The third kappa shape index (κ3) is 1.88. The molecule has 2 aromatic rings. The smallest absolute Gasteiger partial charge is 0.295 e. The Balaban J connectivity index is 2.84. The molecule has 7 heteroatoms. The van der Waals surface area contributed by atoms with Crippen molar-refractivity contribution in [3.63, 3.8) is 0 Å². The van der Waals surface area contributed by atoms with E-state index >= 15 is 0 Å². The summed E-state index contributed by atoms with van der Waals surface area (Å²) in [7, 11) is 0. The predicted octanol–water partition coefficient (Wildman–Crippen LogP) is 1.46. The fourth-order valence-corrected chi connectivity index (χ4v) is 2.08. The zero-order chi connectivity index (χ0) is 14.2. The van der Waals surface area contributed by atoms with Crippen molar-refractivity contribution in [2.75, 3.05) is 5.73 Å². The molecule has 0 fully saturated rings. The van der Waals surface area contributed by atoms with Crippen molar-refractivity contribution in [1.82, 2.24) is 9.36 Å². The van der Waals surface area contributed by atoms with Crippen LogP contribution in [0.5, 0.6) is 0 Å². The van der Waals surface area contributed by atoms with E-state index in [1.807, 2.05) is 6.92 Å². The number of rotatable bonds is 3. The molecule has 0 spiro atoms. The number of nitro benzene ring substituents is 1. The van der Waals surface area contributed by atoms with E-state index in [9.17, 15) is 14.9 Å². The molecule has 0 unspecified atom stereocenters. The average Bonchev–Trinajstić information content (AvgIpc) is 2.62. The number of nitrogen functional groups attached to an aromatic ring is 1. The monoisotopic (exact) mass is 262 g/mol. The van der Waals surface area contributed by atoms with E-state index in [4.69, 9.17) is 5.73 Å². The fourth-order valence-electron chi connectivity index (χ4n) is 2.08. The zero-order valence-corrected chi connectivity index (χ0v) is 10.7. The van der Waals surface area contributed by atoms with Crippen molar-refractivity contribution in [3.8, 4) is 5.69 Å². The minimum atomic E-state index is -0.514. The highest BCUT2D eigenvalue weighted by Gasteiger charge is 2.21. The molecule has 19 heavy (non-hydrogen) atoms. The lowest BCUT2D eigenvalue weighted by Gasteiger charge is -2.11. The van der Waals surface area contributed by atoms with Crippen molar-refractivity contribution in [2.24, 2.45) is 0 Å². The third-order valence-corrected chi connectivity index (χ3v) is 3.05. The Kier molecular flexibility index (Phi) is 3.12. The van der Waals surface area contributed by atoms with Gasteiger partial charge in [-0.05, 0) is 19.9 Å². The molecule has 0 atom stereocenters. The molecular weight excluding hydrogens is 248 g/mol. The normalized spacial score (nSPS) is 10.6. The molecule has 0 aliphatic heterocycles. The van der Waals surface area contributed by atoms with Crippen molar-refractivity contribution in [2.45, 2.75) is 20.4 Å². The molecule has 0 bridgehead atoms. The van der Waals surface area contributed by atoms with Gasteiger partial charge in [-0.1, -0.05) is 12.1 Å². The minimum Gasteiger partial charge on any atom is -0.393 e. The summed E-state index contributed by atoms with van der Waals surface area (Å²) in [6.45, 7) is 4.05. The Hall–Kier alpha value is -2.57. The fraction of sp³-hybridized carbons (Fsp3) is 0.250. The molecule has 0 saturated heterocycles. The molecule has 1 heterocycles. The van der Waals surface area contributed by atoms with Crippen LogP contribution in [0.2, 0.25) is 0 Å². The van der Waals surface area contributed by atoms with Crippen LogP contribution in [0, 0.1) is 17.0 Å². The summed E-state index contributed by atoms with van der Waals surface area (Å²) in [5.74, 6) is 0. The Morgan fingerprint density at radius 2 is 2.00 bits per heavy atom. The first-order chi connectivity index (χ1) is 8.99. The first-order valence-electron chi connectivity index (χ1n) is 5.80. The van der Waals surface area contributed by atoms with Crippen LogP contribution in [-0.4, -0.2) is 14.3 Å². The summed E-state index contributed by atoms with van der Waals surface area (Å²) in [4.78, 5) is 22.7. The van der Waals surface area contributed by atoms with E-state index < -0.39 is 10.5 Å². The number of para-hydroxylation sites is 2. The molecule has 1 aromatic heterocycles. The Morgan fingerprint density at radius 3 is 2.58 bits per heavy atom. The van der Waals surface area contributed by atoms with Gasteiger partial charge in [-0.3, -0.25) is 19.6 Å². The first-order valence-corrected chi connectivity index (χ1v) is 5.80. The number of hydrogen-bond donors (Lipinski definition) is 1. The van der Waals surface area contributed by atoms with E-state index in [0.717, 1.165) is 0 Å². The largest absolute Gasteiger partial charge is 0.393 e. The highest BCUT2D eigenvalue weighted by molar-refractivity contribution is 5.54.